The van der Waals surface area contributed by atoms with Gasteiger partial charge in [0, 0.05) is 31.5 Å². The van der Waals surface area contributed by atoms with Crippen LogP contribution in [0.5, 0.6) is 0 Å². The second-order valence-electron chi connectivity index (χ2n) is 4.84. The standard InChI is InChI=1S/C15H19N3/c1-10-8-13(18(4)5)6-7-14(10)15-12(3)16-9-11(2)17-15/h6-9H,1-5H3. The van der Waals surface area contributed by atoms with Gasteiger partial charge < -0.3 is 4.90 Å². The Hall–Kier alpha value is -1.90. The maximum Gasteiger partial charge on any atom is 0.0920 e. The van der Waals surface area contributed by atoms with Crippen LogP contribution in [0.3, 0.4) is 0 Å². The lowest BCUT2D eigenvalue weighted by Crippen LogP contribution is -2.08. The first-order valence-electron chi connectivity index (χ1n) is 6.07. The van der Waals surface area contributed by atoms with Crippen LogP contribution in [0.2, 0.25) is 0 Å². The molecule has 0 saturated carbocycles. The van der Waals surface area contributed by atoms with Crippen molar-refractivity contribution in [2.45, 2.75) is 20.8 Å². The van der Waals surface area contributed by atoms with Crippen LogP contribution in [0, 0.1) is 20.8 Å². The lowest BCUT2D eigenvalue weighted by atomic mass is 10.0. The Kier molecular flexibility index (Phi) is 3.32. The van der Waals surface area contributed by atoms with Crippen LogP contribution < -0.4 is 4.90 Å². The minimum absolute atomic E-state index is 0.951. The average molecular weight is 241 g/mol. The van der Waals surface area contributed by atoms with Gasteiger partial charge in [-0.05, 0) is 38.5 Å². The van der Waals surface area contributed by atoms with Gasteiger partial charge in [0.05, 0.1) is 17.1 Å². The molecule has 94 valence electrons. The van der Waals surface area contributed by atoms with E-state index >= 15 is 0 Å². The highest BCUT2D eigenvalue weighted by Gasteiger charge is 2.09. The van der Waals surface area contributed by atoms with E-state index in [1.54, 1.807) is 0 Å². The van der Waals surface area contributed by atoms with E-state index in [9.17, 15) is 0 Å². The number of aromatic nitrogens is 2. The van der Waals surface area contributed by atoms with Gasteiger partial charge in [-0.2, -0.15) is 0 Å². The smallest absolute Gasteiger partial charge is 0.0920 e. The maximum atomic E-state index is 4.60. The van der Waals surface area contributed by atoms with E-state index in [0.717, 1.165) is 22.6 Å². The molecule has 3 nitrogen and oxygen atoms in total. The molecule has 0 aliphatic carbocycles. The second-order valence-corrected chi connectivity index (χ2v) is 4.84. The van der Waals surface area contributed by atoms with Gasteiger partial charge in [0.2, 0.25) is 0 Å². The highest BCUT2D eigenvalue weighted by Crippen LogP contribution is 2.27. The Balaban J connectivity index is 2.54. The molecule has 2 rings (SSSR count). The molecule has 1 aromatic carbocycles. The van der Waals surface area contributed by atoms with E-state index in [2.05, 4.69) is 40.0 Å². The lowest BCUT2D eigenvalue weighted by Gasteiger charge is -2.15. The highest BCUT2D eigenvalue weighted by molar-refractivity contribution is 5.68. The summed E-state index contributed by atoms with van der Waals surface area (Å²) >= 11 is 0. The fourth-order valence-electron chi connectivity index (χ4n) is 1.98. The van der Waals surface area contributed by atoms with Gasteiger partial charge in [-0.3, -0.25) is 4.98 Å². The lowest BCUT2D eigenvalue weighted by molar-refractivity contribution is 1.06. The van der Waals surface area contributed by atoms with Crippen molar-refractivity contribution in [1.29, 1.82) is 0 Å². The Morgan fingerprint density at radius 3 is 2.39 bits per heavy atom. The van der Waals surface area contributed by atoms with Crippen LogP contribution in [0.15, 0.2) is 24.4 Å². The molecule has 18 heavy (non-hydrogen) atoms. The van der Waals surface area contributed by atoms with Crippen LogP contribution >= 0.6 is 0 Å². The summed E-state index contributed by atoms with van der Waals surface area (Å²) in [7, 11) is 4.10. The quantitative estimate of drug-likeness (QED) is 0.809. The Morgan fingerprint density at radius 2 is 1.78 bits per heavy atom. The minimum atomic E-state index is 0.951. The van der Waals surface area contributed by atoms with E-state index in [1.807, 2.05) is 34.1 Å². The normalized spacial score (nSPS) is 10.5. The fourth-order valence-corrected chi connectivity index (χ4v) is 1.98. The zero-order chi connectivity index (χ0) is 13.3. The first-order valence-corrected chi connectivity index (χ1v) is 6.07. The number of rotatable bonds is 2. The number of benzene rings is 1. The van der Waals surface area contributed by atoms with Gasteiger partial charge >= 0.3 is 0 Å². The van der Waals surface area contributed by atoms with Crippen LogP contribution in [-0.4, -0.2) is 24.1 Å². The molecular formula is C15H19N3. The third-order valence-electron chi connectivity index (χ3n) is 3.06. The van der Waals surface area contributed by atoms with Crippen molar-refractivity contribution in [3.63, 3.8) is 0 Å². The van der Waals surface area contributed by atoms with Crippen molar-refractivity contribution in [2.24, 2.45) is 0 Å². The fraction of sp³-hybridized carbons (Fsp3) is 0.333. The summed E-state index contributed by atoms with van der Waals surface area (Å²) in [5.74, 6) is 0. The van der Waals surface area contributed by atoms with Crippen molar-refractivity contribution in [2.75, 3.05) is 19.0 Å². The molecule has 0 radical (unpaired) electrons. The van der Waals surface area contributed by atoms with Crippen LogP contribution in [0.1, 0.15) is 17.0 Å². The topological polar surface area (TPSA) is 29.0 Å². The summed E-state index contributed by atoms with van der Waals surface area (Å²) < 4.78 is 0. The van der Waals surface area contributed by atoms with Crippen molar-refractivity contribution in [1.82, 2.24) is 9.97 Å². The van der Waals surface area contributed by atoms with Gasteiger partial charge in [0.15, 0.2) is 0 Å². The Labute approximate surface area is 109 Å². The third kappa shape index (κ3) is 2.35. The molecule has 0 aliphatic rings. The molecule has 0 bridgehead atoms. The van der Waals surface area contributed by atoms with Crippen LogP contribution in [0.25, 0.3) is 11.3 Å². The monoisotopic (exact) mass is 241 g/mol. The van der Waals surface area contributed by atoms with Gasteiger partial charge in [-0.25, -0.2) is 4.98 Å². The summed E-state index contributed by atoms with van der Waals surface area (Å²) in [6.45, 7) is 6.09. The first kappa shape index (κ1) is 12.6. The van der Waals surface area contributed by atoms with E-state index in [4.69, 9.17) is 0 Å². The van der Waals surface area contributed by atoms with Crippen LogP contribution in [0.4, 0.5) is 5.69 Å². The maximum absolute atomic E-state index is 4.60. The molecular weight excluding hydrogens is 222 g/mol. The molecule has 0 fully saturated rings. The third-order valence-corrected chi connectivity index (χ3v) is 3.06. The Morgan fingerprint density at radius 1 is 1.06 bits per heavy atom. The molecule has 3 heteroatoms. The number of hydrogen-bond donors (Lipinski definition) is 0. The predicted octanol–water partition coefficient (Wildman–Crippen LogP) is 3.13. The van der Waals surface area contributed by atoms with Gasteiger partial charge in [-0.15, -0.1) is 0 Å². The van der Waals surface area contributed by atoms with Crippen molar-refractivity contribution in [3.05, 3.63) is 41.3 Å². The zero-order valence-electron chi connectivity index (χ0n) is 11.7. The van der Waals surface area contributed by atoms with E-state index < -0.39 is 0 Å². The molecule has 1 aromatic heterocycles. The van der Waals surface area contributed by atoms with Crippen molar-refractivity contribution in [3.8, 4) is 11.3 Å². The first-order chi connectivity index (χ1) is 8.49. The molecule has 2 aromatic rings. The van der Waals surface area contributed by atoms with Gasteiger partial charge in [-0.1, -0.05) is 6.07 Å². The van der Waals surface area contributed by atoms with Crippen molar-refractivity contribution < 1.29 is 0 Å². The SMILES string of the molecule is Cc1cnc(C)c(-c2ccc(N(C)C)cc2C)n1. The molecule has 1 heterocycles. The average Bonchev–Trinajstić information content (AvgIpc) is 2.32. The number of hydrogen-bond acceptors (Lipinski definition) is 3. The van der Waals surface area contributed by atoms with E-state index in [-0.39, 0.29) is 0 Å². The predicted molar refractivity (Wildman–Crippen MR) is 76.0 cm³/mol. The van der Waals surface area contributed by atoms with Crippen LogP contribution in [-0.2, 0) is 0 Å². The molecule has 0 aliphatic heterocycles. The number of nitrogens with zero attached hydrogens (tertiary/aromatic N) is 3. The molecule has 0 amide bonds. The molecule has 0 unspecified atom stereocenters. The minimum Gasteiger partial charge on any atom is -0.378 e. The number of aryl methyl sites for hydroxylation is 3. The number of anilines is 1. The molecule has 0 N–H and O–H groups in total. The molecule has 0 spiro atoms. The molecule has 0 saturated heterocycles. The van der Waals surface area contributed by atoms with Gasteiger partial charge in [0.25, 0.3) is 0 Å². The molecule has 0 atom stereocenters. The highest BCUT2D eigenvalue weighted by atomic mass is 15.1. The van der Waals surface area contributed by atoms with Crippen molar-refractivity contribution >= 4 is 5.69 Å². The largest absolute Gasteiger partial charge is 0.378 e. The zero-order valence-corrected chi connectivity index (χ0v) is 11.7. The summed E-state index contributed by atoms with van der Waals surface area (Å²) in [6, 6.07) is 6.42. The summed E-state index contributed by atoms with van der Waals surface area (Å²) in [4.78, 5) is 11.1. The second kappa shape index (κ2) is 4.77. The van der Waals surface area contributed by atoms with Gasteiger partial charge in [0.1, 0.15) is 0 Å². The Bertz CT molecular complexity index is 574. The van der Waals surface area contributed by atoms with E-state index in [0.29, 0.717) is 0 Å². The summed E-state index contributed by atoms with van der Waals surface area (Å²) in [5.41, 5.74) is 6.50. The van der Waals surface area contributed by atoms with E-state index in [1.165, 1.54) is 11.3 Å². The summed E-state index contributed by atoms with van der Waals surface area (Å²) in [6.07, 6.45) is 1.81. The summed E-state index contributed by atoms with van der Waals surface area (Å²) in [5, 5.41) is 0.